The molecule has 0 saturated carbocycles. The molecule has 0 fully saturated rings. The van der Waals surface area contributed by atoms with Gasteiger partial charge in [0.1, 0.15) is 16.6 Å². The van der Waals surface area contributed by atoms with Crippen molar-refractivity contribution in [2.75, 3.05) is 7.11 Å². The van der Waals surface area contributed by atoms with Gasteiger partial charge in [0.25, 0.3) is 0 Å². The number of aromatic nitrogens is 1. The molecule has 1 aliphatic rings. The first kappa shape index (κ1) is 8.96. The van der Waals surface area contributed by atoms with Crippen molar-refractivity contribution in [2.45, 2.75) is 0 Å². The summed E-state index contributed by atoms with van der Waals surface area (Å²) < 4.78 is 5.21. The molecule has 0 bridgehead atoms. The Morgan fingerprint density at radius 3 is 3.00 bits per heavy atom. The minimum atomic E-state index is -0.478. The van der Waals surface area contributed by atoms with E-state index in [4.69, 9.17) is 4.74 Å². The van der Waals surface area contributed by atoms with Crippen molar-refractivity contribution in [3.05, 3.63) is 35.1 Å². The maximum Gasteiger partial charge on any atom is 0.368 e. The second-order valence-corrected chi connectivity index (χ2v) is 3.35. The molecule has 0 aliphatic carbocycles. The normalized spacial score (nSPS) is 13.2. The molecule has 3 rings (SSSR count). The quantitative estimate of drug-likeness (QED) is 0.697. The Morgan fingerprint density at radius 1 is 1.31 bits per heavy atom. The Morgan fingerprint density at radius 2 is 2.19 bits per heavy atom. The molecule has 2 amide bonds. The third kappa shape index (κ3) is 1.11. The molecular formula is C11H7N3O2. The molecule has 2 heterocycles. The minimum Gasteiger partial charge on any atom is -0.494 e. The smallest absolute Gasteiger partial charge is 0.368 e. The average molecular weight is 213 g/mol. The molecule has 2 aromatic rings. The largest absolute Gasteiger partial charge is 0.494 e. The lowest BCUT2D eigenvalue weighted by Crippen LogP contribution is -2.23. The van der Waals surface area contributed by atoms with Crippen LogP contribution in [-0.4, -0.2) is 18.1 Å². The number of fused-ring (bicyclic) bond motifs is 3. The first-order chi connectivity index (χ1) is 7.79. The summed E-state index contributed by atoms with van der Waals surface area (Å²) in [6.45, 7) is 0. The molecule has 0 N–H and O–H groups in total. The number of pyridine rings is 1. The Labute approximate surface area is 90.1 Å². The number of benzene rings is 1. The predicted octanol–water partition coefficient (Wildman–Crippen LogP) is 0.616. The van der Waals surface area contributed by atoms with Crippen molar-refractivity contribution in [1.29, 1.82) is 0 Å². The van der Waals surface area contributed by atoms with Crippen LogP contribution in [-0.2, 0) is 0 Å². The van der Waals surface area contributed by atoms with Gasteiger partial charge in [0.2, 0.25) is 0 Å². The topological polar surface area (TPSA) is 63.9 Å². The van der Waals surface area contributed by atoms with Crippen LogP contribution in [0.15, 0.2) is 34.4 Å². The molecule has 1 aromatic carbocycles. The zero-order valence-electron chi connectivity index (χ0n) is 8.47. The van der Waals surface area contributed by atoms with Crippen LogP contribution in [0.1, 0.15) is 0 Å². The van der Waals surface area contributed by atoms with Gasteiger partial charge in [-0.05, 0) is 12.1 Å². The highest BCUT2D eigenvalue weighted by atomic mass is 16.5. The van der Waals surface area contributed by atoms with Crippen LogP contribution < -0.4 is 15.5 Å². The van der Waals surface area contributed by atoms with Gasteiger partial charge < -0.3 is 4.74 Å². The van der Waals surface area contributed by atoms with Gasteiger partial charge >= 0.3 is 6.03 Å². The fourth-order valence-corrected chi connectivity index (χ4v) is 1.77. The molecule has 0 saturated heterocycles. The molecule has 1 aliphatic heterocycles. The van der Waals surface area contributed by atoms with Crippen molar-refractivity contribution >= 4 is 16.9 Å². The van der Waals surface area contributed by atoms with Crippen LogP contribution >= 0.6 is 0 Å². The monoisotopic (exact) mass is 213 g/mol. The number of nitrogens with zero attached hydrogens (tertiary/aromatic N) is 3. The number of urea groups is 1. The maximum atomic E-state index is 11.1. The van der Waals surface area contributed by atoms with Gasteiger partial charge in [-0.3, -0.25) is 4.98 Å². The molecule has 78 valence electrons. The molecule has 0 spiro atoms. The third-order valence-corrected chi connectivity index (χ3v) is 2.45. The molecule has 0 atom stereocenters. The lowest BCUT2D eigenvalue weighted by Gasteiger charge is -2.02. The highest BCUT2D eigenvalue weighted by Gasteiger charge is 2.12. The second kappa shape index (κ2) is 3.10. The summed E-state index contributed by atoms with van der Waals surface area (Å²) in [5, 5.41) is 1.91. The zero-order chi connectivity index (χ0) is 11.1. The Bertz CT molecular complexity index is 722. The lowest BCUT2D eigenvalue weighted by molar-refractivity contribution is 0.257. The Balaban J connectivity index is 2.60. The van der Waals surface area contributed by atoms with Crippen LogP contribution in [0.3, 0.4) is 0 Å². The van der Waals surface area contributed by atoms with Crippen molar-refractivity contribution in [1.82, 2.24) is 4.98 Å². The lowest BCUT2D eigenvalue weighted by atomic mass is 10.2. The van der Waals surface area contributed by atoms with E-state index in [1.54, 1.807) is 25.4 Å². The fourth-order valence-electron chi connectivity index (χ4n) is 1.77. The SMILES string of the molecule is COc1cc2c(c3cccnc13)=NC(=O)N=2. The molecule has 5 heteroatoms. The van der Waals surface area contributed by atoms with Crippen molar-refractivity contribution in [3.8, 4) is 5.75 Å². The first-order valence-corrected chi connectivity index (χ1v) is 4.73. The zero-order valence-corrected chi connectivity index (χ0v) is 8.47. The number of carbonyl (C=O) groups is 1. The summed E-state index contributed by atoms with van der Waals surface area (Å²) >= 11 is 0. The van der Waals surface area contributed by atoms with E-state index >= 15 is 0 Å². The predicted molar refractivity (Wildman–Crippen MR) is 56.0 cm³/mol. The van der Waals surface area contributed by atoms with Crippen molar-refractivity contribution in [3.63, 3.8) is 0 Å². The number of hydrogen-bond acceptors (Lipinski definition) is 3. The molecule has 0 radical (unpaired) electrons. The Hall–Kier alpha value is -2.30. The maximum absolute atomic E-state index is 11.1. The van der Waals surface area contributed by atoms with E-state index in [2.05, 4.69) is 15.0 Å². The first-order valence-electron chi connectivity index (χ1n) is 4.73. The summed E-state index contributed by atoms with van der Waals surface area (Å²) in [5.74, 6) is 0.600. The number of amides is 2. The van der Waals surface area contributed by atoms with E-state index in [0.29, 0.717) is 22.0 Å². The number of hydrogen-bond donors (Lipinski definition) is 0. The van der Waals surface area contributed by atoms with Crippen LogP contribution in [0.4, 0.5) is 4.79 Å². The number of carbonyl (C=O) groups excluding carboxylic acids is 1. The Kier molecular flexibility index (Phi) is 1.73. The van der Waals surface area contributed by atoms with Crippen molar-refractivity contribution in [2.24, 2.45) is 9.98 Å². The number of rotatable bonds is 1. The summed E-state index contributed by atoms with van der Waals surface area (Å²) in [6.07, 6.45) is 1.67. The van der Waals surface area contributed by atoms with Gasteiger partial charge in [0.15, 0.2) is 0 Å². The summed E-state index contributed by atoms with van der Waals surface area (Å²) in [5.41, 5.74) is 0.692. The summed E-state index contributed by atoms with van der Waals surface area (Å²) in [7, 11) is 1.56. The van der Waals surface area contributed by atoms with Gasteiger partial charge in [-0.2, -0.15) is 9.98 Å². The van der Waals surface area contributed by atoms with Crippen LogP contribution in [0.2, 0.25) is 0 Å². The van der Waals surface area contributed by atoms with Gasteiger partial charge in [-0.25, -0.2) is 4.79 Å². The molecule has 16 heavy (non-hydrogen) atoms. The average Bonchev–Trinajstić information content (AvgIpc) is 2.68. The number of ether oxygens (including phenoxy) is 1. The summed E-state index contributed by atoms with van der Waals surface area (Å²) in [6, 6.07) is 4.84. The molecule has 0 unspecified atom stereocenters. The van der Waals surface area contributed by atoms with E-state index in [0.717, 1.165) is 5.39 Å². The van der Waals surface area contributed by atoms with E-state index in [9.17, 15) is 4.79 Å². The minimum absolute atomic E-state index is 0.478. The van der Waals surface area contributed by atoms with Crippen LogP contribution in [0.5, 0.6) is 5.75 Å². The van der Waals surface area contributed by atoms with E-state index in [1.807, 2.05) is 6.07 Å². The van der Waals surface area contributed by atoms with Gasteiger partial charge in [-0.15, -0.1) is 0 Å². The number of methoxy groups -OCH3 is 1. The third-order valence-electron chi connectivity index (χ3n) is 2.45. The highest BCUT2D eigenvalue weighted by molar-refractivity contribution is 5.87. The van der Waals surface area contributed by atoms with Crippen molar-refractivity contribution < 1.29 is 9.53 Å². The van der Waals surface area contributed by atoms with Crippen LogP contribution in [0, 0.1) is 0 Å². The molecule has 1 aromatic heterocycles. The van der Waals surface area contributed by atoms with E-state index < -0.39 is 6.03 Å². The van der Waals surface area contributed by atoms with E-state index in [1.165, 1.54) is 0 Å². The van der Waals surface area contributed by atoms with Gasteiger partial charge in [-0.1, -0.05) is 0 Å². The standard InChI is InChI=1S/C11H7N3O2/c1-16-8-5-7-9(14-11(15)13-7)6-3-2-4-12-10(6)8/h2-5H,1H3. The van der Waals surface area contributed by atoms with Crippen LogP contribution in [0.25, 0.3) is 10.9 Å². The molecule has 5 nitrogen and oxygen atoms in total. The second-order valence-electron chi connectivity index (χ2n) is 3.35. The van der Waals surface area contributed by atoms with E-state index in [-0.39, 0.29) is 0 Å². The molecular weight excluding hydrogens is 206 g/mol. The highest BCUT2D eigenvalue weighted by Crippen LogP contribution is 2.18. The van der Waals surface area contributed by atoms with Gasteiger partial charge in [0, 0.05) is 17.6 Å². The fraction of sp³-hybridized carbons (Fsp3) is 0.0909. The van der Waals surface area contributed by atoms with Gasteiger partial charge in [0.05, 0.1) is 12.5 Å². The summed E-state index contributed by atoms with van der Waals surface area (Å²) in [4.78, 5) is 23.0.